The monoisotopic (exact) mass is 192 g/mol. The van der Waals surface area contributed by atoms with E-state index in [9.17, 15) is 0 Å². The van der Waals surface area contributed by atoms with Crippen LogP contribution in [0.25, 0.3) is 0 Å². The van der Waals surface area contributed by atoms with E-state index in [0.29, 0.717) is 33.0 Å². The maximum absolute atomic E-state index is 5.47. The molecule has 0 aliphatic heterocycles. The summed E-state index contributed by atoms with van der Waals surface area (Å²) in [5.74, 6) is 0. The predicted octanol–water partition coefficient (Wildman–Crippen LogP) is -0.700. The number of ether oxygens (including phenoxy) is 3. The van der Waals surface area contributed by atoms with Crippen LogP contribution in [-0.4, -0.2) is 45.8 Å². The molecule has 13 heavy (non-hydrogen) atoms. The SMILES string of the molecule is CC(N)COCCOCOCCN. The Labute approximate surface area is 79.3 Å². The van der Waals surface area contributed by atoms with E-state index < -0.39 is 0 Å². The molecule has 0 aliphatic rings. The van der Waals surface area contributed by atoms with Gasteiger partial charge in [0.25, 0.3) is 0 Å². The molecule has 0 saturated carbocycles. The van der Waals surface area contributed by atoms with Gasteiger partial charge in [-0.3, -0.25) is 0 Å². The highest BCUT2D eigenvalue weighted by atomic mass is 16.7. The van der Waals surface area contributed by atoms with Crippen molar-refractivity contribution in [2.75, 3.05) is 39.8 Å². The van der Waals surface area contributed by atoms with Gasteiger partial charge in [-0.05, 0) is 6.92 Å². The Hall–Kier alpha value is -0.200. The van der Waals surface area contributed by atoms with Crippen molar-refractivity contribution < 1.29 is 14.2 Å². The van der Waals surface area contributed by atoms with Gasteiger partial charge in [0.05, 0.1) is 26.4 Å². The van der Waals surface area contributed by atoms with Crippen LogP contribution in [0.15, 0.2) is 0 Å². The first-order valence-corrected chi connectivity index (χ1v) is 4.46. The Bertz CT molecular complexity index is 101. The standard InChI is InChI=1S/C8H20N2O3/c1-8(10)6-11-4-5-13-7-12-3-2-9/h8H,2-7,9-10H2,1H3. The fourth-order valence-electron chi connectivity index (χ4n) is 0.647. The summed E-state index contributed by atoms with van der Waals surface area (Å²) in [6.45, 7) is 4.85. The van der Waals surface area contributed by atoms with E-state index in [0.717, 1.165) is 0 Å². The Morgan fingerprint density at radius 3 is 2.31 bits per heavy atom. The highest BCUT2D eigenvalue weighted by Crippen LogP contribution is 1.82. The Kier molecular flexibility index (Phi) is 9.73. The molecule has 0 fully saturated rings. The maximum Gasteiger partial charge on any atom is 0.146 e. The second-order valence-corrected chi connectivity index (χ2v) is 2.78. The summed E-state index contributed by atoms with van der Waals surface area (Å²) in [6.07, 6.45) is 0. The van der Waals surface area contributed by atoms with Gasteiger partial charge in [0.15, 0.2) is 0 Å². The molecule has 0 amide bonds. The number of hydrogen-bond acceptors (Lipinski definition) is 5. The van der Waals surface area contributed by atoms with E-state index in [-0.39, 0.29) is 12.8 Å². The molecule has 0 aromatic heterocycles. The largest absolute Gasteiger partial charge is 0.377 e. The van der Waals surface area contributed by atoms with E-state index in [1.54, 1.807) is 0 Å². The third-order valence-corrected chi connectivity index (χ3v) is 1.18. The third-order valence-electron chi connectivity index (χ3n) is 1.18. The lowest BCUT2D eigenvalue weighted by Gasteiger charge is -2.07. The number of nitrogens with two attached hydrogens (primary N) is 2. The van der Waals surface area contributed by atoms with Gasteiger partial charge in [-0.15, -0.1) is 0 Å². The Morgan fingerprint density at radius 1 is 1.08 bits per heavy atom. The minimum Gasteiger partial charge on any atom is -0.377 e. The van der Waals surface area contributed by atoms with Gasteiger partial charge in [-0.2, -0.15) is 0 Å². The van der Waals surface area contributed by atoms with Crippen LogP contribution in [0.2, 0.25) is 0 Å². The topological polar surface area (TPSA) is 79.7 Å². The lowest BCUT2D eigenvalue weighted by Crippen LogP contribution is -2.23. The molecule has 5 heteroatoms. The smallest absolute Gasteiger partial charge is 0.146 e. The van der Waals surface area contributed by atoms with Crippen molar-refractivity contribution >= 4 is 0 Å². The average molecular weight is 192 g/mol. The molecule has 1 atom stereocenters. The minimum atomic E-state index is 0.0773. The molecule has 4 N–H and O–H groups in total. The van der Waals surface area contributed by atoms with Crippen LogP contribution in [0.4, 0.5) is 0 Å². The highest BCUT2D eigenvalue weighted by Gasteiger charge is 1.93. The maximum atomic E-state index is 5.47. The summed E-state index contributed by atoms with van der Waals surface area (Å²) in [5.41, 5.74) is 10.7. The quantitative estimate of drug-likeness (QED) is 0.373. The molecule has 0 rings (SSSR count). The minimum absolute atomic E-state index is 0.0773. The molecule has 0 aromatic rings. The van der Waals surface area contributed by atoms with Gasteiger partial charge in [0.2, 0.25) is 0 Å². The second-order valence-electron chi connectivity index (χ2n) is 2.78. The molecule has 0 aromatic carbocycles. The fraction of sp³-hybridized carbons (Fsp3) is 1.00. The van der Waals surface area contributed by atoms with Crippen molar-refractivity contribution in [1.82, 2.24) is 0 Å². The first-order chi connectivity index (χ1) is 6.27. The van der Waals surface area contributed by atoms with Crippen molar-refractivity contribution in [2.24, 2.45) is 11.5 Å². The summed E-state index contributed by atoms with van der Waals surface area (Å²) in [4.78, 5) is 0. The molecule has 0 bridgehead atoms. The second kappa shape index (κ2) is 9.88. The van der Waals surface area contributed by atoms with Gasteiger partial charge in [0, 0.05) is 12.6 Å². The van der Waals surface area contributed by atoms with Gasteiger partial charge >= 0.3 is 0 Å². The molecular formula is C8H20N2O3. The summed E-state index contributed by atoms with van der Waals surface area (Å²) in [6, 6.07) is 0.0773. The fourth-order valence-corrected chi connectivity index (χ4v) is 0.647. The van der Waals surface area contributed by atoms with Crippen molar-refractivity contribution in [3.8, 4) is 0 Å². The van der Waals surface area contributed by atoms with E-state index in [2.05, 4.69) is 0 Å². The molecule has 0 saturated heterocycles. The molecule has 0 heterocycles. The van der Waals surface area contributed by atoms with Crippen molar-refractivity contribution in [2.45, 2.75) is 13.0 Å². The molecule has 1 unspecified atom stereocenters. The molecule has 0 spiro atoms. The van der Waals surface area contributed by atoms with Crippen molar-refractivity contribution in [3.63, 3.8) is 0 Å². The van der Waals surface area contributed by atoms with Crippen LogP contribution in [0.1, 0.15) is 6.92 Å². The first-order valence-electron chi connectivity index (χ1n) is 4.46. The highest BCUT2D eigenvalue weighted by molar-refractivity contribution is 4.47. The molecular weight excluding hydrogens is 172 g/mol. The molecule has 0 radical (unpaired) electrons. The van der Waals surface area contributed by atoms with Gasteiger partial charge in [-0.25, -0.2) is 0 Å². The summed E-state index contributed by atoms with van der Waals surface area (Å²) < 4.78 is 15.2. The van der Waals surface area contributed by atoms with E-state index >= 15 is 0 Å². The van der Waals surface area contributed by atoms with Gasteiger partial charge in [-0.1, -0.05) is 0 Å². The van der Waals surface area contributed by atoms with Crippen LogP contribution < -0.4 is 11.5 Å². The average Bonchev–Trinajstić information content (AvgIpc) is 2.09. The normalized spacial score (nSPS) is 13.2. The zero-order valence-corrected chi connectivity index (χ0v) is 8.20. The van der Waals surface area contributed by atoms with Crippen molar-refractivity contribution in [3.05, 3.63) is 0 Å². The number of rotatable bonds is 9. The van der Waals surface area contributed by atoms with E-state index in [1.165, 1.54) is 0 Å². The first kappa shape index (κ1) is 12.8. The Morgan fingerprint density at radius 2 is 1.69 bits per heavy atom. The molecule has 0 aliphatic carbocycles. The molecule has 80 valence electrons. The zero-order chi connectivity index (χ0) is 9.94. The lowest BCUT2D eigenvalue weighted by molar-refractivity contribution is -0.0675. The summed E-state index contributed by atoms with van der Waals surface area (Å²) in [5, 5.41) is 0. The summed E-state index contributed by atoms with van der Waals surface area (Å²) in [7, 11) is 0. The number of hydrogen-bond donors (Lipinski definition) is 2. The zero-order valence-electron chi connectivity index (χ0n) is 8.20. The lowest BCUT2D eigenvalue weighted by atomic mass is 10.4. The van der Waals surface area contributed by atoms with Crippen LogP contribution in [-0.2, 0) is 14.2 Å². The van der Waals surface area contributed by atoms with Gasteiger partial charge in [0.1, 0.15) is 6.79 Å². The van der Waals surface area contributed by atoms with Crippen LogP contribution >= 0.6 is 0 Å². The Balaban J connectivity index is 2.84. The van der Waals surface area contributed by atoms with Gasteiger partial charge < -0.3 is 25.7 Å². The van der Waals surface area contributed by atoms with Crippen LogP contribution in [0, 0.1) is 0 Å². The third kappa shape index (κ3) is 11.8. The molecule has 5 nitrogen and oxygen atoms in total. The summed E-state index contributed by atoms with van der Waals surface area (Å²) >= 11 is 0. The van der Waals surface area contributed by atoms with Crippen molar-refractivity contribution in [1.29, 1.82) is 0 Å². The van der Waals surface area contributed by atoms with E-state index in [4.69, 9.17) is 25.7 Å². The van der Waals surface area contributed by atoms with Crippen LogP contribution in [0.3, 0.4) is 0 Å². The van der Waals surface area contributed by atoms with Crippen LogP contribution in [0.5, 0.6) is 0 Å². The van der Waals surface area contributed by atoms with E-state index in [1.807, 2.05) is 6.92 Å². The predicted molar refractivity (Wildman–Crippen MR) is 50.3 cm³/mol.